The molecule has 0 saturated carbocycles. The Morgan fingerprint density at radius 2 is 2.21 bits per heavy atom. The van der Waals surface area contributed by atoms with Crippen LogP contribution in [0.2, 0.25) is 0 Å². The maximum absolute atomic E-state index is 11.6. The lowest BCUT2D eigenvalue weighted by molar-refractivity contribution is 0.218. The van der Waals surface area contributed by atoms with Crippen molar-refractivity contribution >= 4 is 27.6 Å². The van der Waals surface area contributed by atoms with Crippen LogP contribution in [-0.4, -0.2) is 18.0 Å². The van der Waals surface area contributed by atoms with E-state index < -0.39 is 0 Å². The van der Waals surface area contributed by atoms with Crippen LogP contribution in [0.15, 0.2) is 18.2 Å². The van der Waals surface area contributed by atoms with E-state index in [4.69, 9.17) is 0 Å². The largest absolute Gasteiger partial charge is 0.323 e. The summed E-state index contributed by atoms with van der Waals surface area (Å²) in [7, 11) is 1.82. The second-order valence-electron chi connectivity index (χ2n) is 5.42. The van der Waals surface area contributed by atoms with Crippen molar-refractivity contribution in [1.82, 2.24) is 4.90 Å². The first kappa shape index (κ1) is 14.4. The summed E-state index contributed by atoms with van der Waals surface area (Å²) in [6, 6.07) is 6.29. The van der Waals surface area contributed by atoms with Crippen molar-refractivity contribution in [2.45, 2.75) is 38.1 Å². The van der Waals surface area contributed by atoms with Gasteiger partial charge in [0, 0.05) is 24.1 Å². The molecule has 104 valence electrons. The van der Waals surface area contributed by atoms with E-state index in [-0.39, 0.29) is 6.03 Å². The van der Waals surface area contributed by atoms with Crippen molar-refractivity contribution in [3.8, 4) is 0 Å². The zero-order valence-corrected chi connectivity index (χ0v) is 13.3. The summed E-state index contributed by atoms with van der Waals surface area (Å²) in [5.41, 5.74) is 3.42. The van der Waals surface area contributed by atoms with Crippen LogP contribution in [0.25, 0.3) is 0 Å². The zero-order chi connectivity index (χ0) is 14.0. The van der Waals surface area contributed by atoms with Gasteiger partial charge < -0.3 is 10.2 Å². The van der Waals surface area contributed by atoms with Gasteiger partial charge in [-0.3, -0.25) is 0 Å². The van der Waals surface area contributed by atoms with E-state index in [2.05, 4.69) is 47.2 Å². The van der Waals surface area contributed by atoms with Crippen LogP contribution in [0.3, 0.4) is 0 Å². The third-order valence-corrected chi connectivity index (χ3v) is 4.70. The first-order valence-electron chi connectivity index (χ1n) is 6.80. The van der Waals surface area contributed by atoms with E-state index in [0.717, 1.165) is 12.1 Å². The number of carbonyl (C=O) groups is 1. The Kier molecular flexibility index (Phi) is 4.50. The Bertz CT molecular complexity index is 475. The summed E-state index contributed by atoms with van der Waals surface area (Å²) < 4.78 is 0. The molecule has 1 aliphatic rings. The molecule has 0 fully saturated rings. The number of anilines is 1. The summed E-state index contributed by atoms with van der Waals surface area (Å²) in [6.07, 6.45) is 2.34. The number of hydrogen-bond donors (Lipinski definition) is 1. The highest BCUT2D eigenvalue weighted by Crippen LogP contribution is 2.34. The van der Waals surface area contributed by atoms with E-state index in [1.54, 1.807) is 4.90 Å². The summed E-state index contributed by atoms with van der Waals surface area (Å²) in [5, 5.41) is 2.90. The molecule has 0 aromatic heterocycles. The van der Waals surface area contributed by atoms with Crippen molar-refractivity contribution in [2.75, 3.05) is 12.4 Å². The quantitative estimate of drug-likeness (QED) is 0.810. The molecule has 1 aliphatic heterocycles. The van der Waals surface area contributed by atoms with Gasteiger partial charge in [0.15, 0.2) is 0 Å². The predicted molar refractivity (Wildman–Crippen MR) is 82.7 cm³/mol. The molecule has 2 amide bonds. The van der Waals surface area contributed by atoms with Gasteiger partial charge in [-0.2, -0.15) is 0 Å². The number of carbonyl (C=O) groups excluding carboxylic acids is 1. The van der Waals surface area contributed by atoms with Crippen LogP contribution in [0.1, 0.15) is 42.6 Å². The zero-order valence-electron chi connectivity index (χ0n) is 11.7. The molecule has 1 aromatic carbocycles. The maximum atomic E-state index is 11.6. The number of rotatable bonds is 4. The molecule has 2 unspecified atom stereocenters. The third kappa shape index (κ3) is 3.30. The SMILES string of the molecule is CCC(C)CC(Br)c1ccc2c(c1)CN(C)C(=O)N2. The van der Waals surface area contributed by atoms with Gasteiger partial charge in [-0.25, -0.2) is 4.79 Å². The number of urea groups is 1. The van der Waals surface area contributed by atoms with Crippen molar-refractivity contribution in [3.63, 3.8) is 0 Å². The molecular formula is C15H21BrN2O. The third-order valence-electron chi connectivity index (χ3n) is 3.79. The van der Waals surface area contributed by atoms with Crippen LogP contribution < -0.4 is 5.32 Å². The number of nitrogens with one attached hydrogen (secondary N) is 1. The number of hydrogen-bond acceptors (Lipinski definition) is 1. The highest BCUT2D eigenvalue weighted by atomic mass is 79.9. The van der Waals surface area contributed by atoms with Gasteiger partial charge in [0.1, 0.15) is 0 Å². The molecule has 0 radical (unpaired) electrons. The molecule has 2 atom stereocenters. The molecule has 0 aliphatic carbocycles. The first-order valence-corrected chi connectivity index (χ1v) is 7.71. The van der Waals surface area contributed by atoms with Crippen molar-refractivity contribution in [2.24, 2.45) is 5.92 Å². The van der Waals surface area contributed by atoms with Crippen LogP contribution in [-0.2, 0) is 6.54 Å². The van der Waals surface area contributed by atoms with Crippen LogP contribution in [0, 0.1) is 5.92 Å². The maximum Gasteiger partial charge on any atom is 0.321 e. The van der Waals surface area contributed by atoms with Gasteiger partial charge >= 0.3 is 6.03 Å². The Hall–Kier alpha value is -1.03. The molecule has 0 spiro atoms. The number of benzene rings is 1. The second kappa shape index (κ2) is 5.95. The lowest BCUT2D eigenvalue weighted by atomic mass is 9.97. The molecule has 3 nitrogen and oxygen atoms in total. The molecular weight excluding hydrogens is 304 g/mol. The minimum Gasteiger partial charge on any atom is -0.323 e. The van der Waals surface area contributed by atoms with Gasteiger partial charge in [0.05, 0.1) is 0 Å². The van der Waals surface area contributed by atoms with Crippen molar-refractivity contribution < 1.29 is 4.79 Å². The Labute approximate surface area is 123 Å². The molecule has 2 rings (SSSR count). The standard InChI is InChI=1S/C15H21BrN2O/c1-4-10(2)7-13(16)11-5-6-14-12(8-11)9-18(3)15(19)17-14/h5-6,8,10,13H,4,7,9H2,1-3H3,(H,17,19). The molecule has 19 heavy (non-hydrogen) atoms. The fourth-order valence-electron chi connectivity index (χ4n) is 2.26. The lowest BCUT2D eigenvalue weighted by Crippen LogP contribution is -2.35. The Morgan fingerprint density at radius 3 is 2.89 bits per heavy atom. The Morgan fingerprint density at radius 1 is 1.47 bits per heavy atom. The second-order valence-corrected chi connectivity index (χ2v) is 6.52. The van der Waals surface area contributed by atoms with Crippen molar-refractivity contribution in [3.05, 3.63) is 29.3 Å². The van der Waals surface area contributed by atoms with Crippen LogP contribution in [0.5, 0.6) is 0 Å². The molecule has 0 bridgehead atoms. The van der Waals surface area contributed by atoms with E-state index in [9.17, 15) is 4.79 Å². The number of amides is 2. The number of fused-ring (bicyclic) bond motifs is 1. The molecule has 0 saturated heterocycles. The molecule has 4 heteroatoms. The Balaban J connectivity index is 2.17. The van der Waals surface area contributed by atoms with E-state index >= 15 is 0 Å². The molecule has 1 N–H and O–H groups in total. The van der Waals surface area contributed by atoms with Crippen LogP contribution >= 0.6 is 15.9 Å². The summed E-state index contributed by atoms with van der Waals surface area (Å²) in [4.78, 5) is 13.6. The fourth-order valence-corrected chi connectivity index (χ4v) is 3.18. The number of alkyl halides is 1. The van der Waals surface area contributed by atoms with E-state index in [1.165, 1.54) is 17.5 Å². The van der Waals surface area contributed by atoms with Crippen LogP contribution in [0.4, 0.5) is 10.5 Å². The summed E-state index contributed by atoms with van der Waals surface area (Å²) >= 11 is 3.78. The monoisotopic (exact) mass is 324 g/mol. The normalized spacial score (nSPS) is 17.7. The van der Waals surface area contributed by atoms with Crippen molar-refractivity contribution in [1.29, 1.82) is 0 Å². The average molecular weight is 325 g/mol. The number of nitrogens with zero attached hydrogens (tertiary/aromatic N) is 1. The minimum absolute atomic E-state index is 0.0322. The smallest absolute Gasteiger partial charge is 0.321 e. The van der Waals surface area contributed by atoms with Gasteiger partial charge in [0.2, 0.25) is 0 Å². The van der Waals surface area contributed by atoms with Gasteiger partial charge in [-0.1, -0.05) is 48.3 Å². The topological polar surface area (TPSA) is 32.3 Å². The van der Waals surface area contributed by atoms with Gasteiger partial charge in [-0.15, -0.1) is 0 Å². The molecule has 1 heterocycles. The summed E-state index contributed by atoms with van der Waals surface area (Å²) in [6.45, 7) is 5.18. The summed E-state index contributed by atoms with van der Waals surface area (Å²) in [5.74, 6) is 0.711. The first-order chi connectivity index (χ1) is 9.01. The minimum atomic E-state index is -0.0322. The van der Waals surface area contributed by atoms with E-state index in [1.807, 2.05) is 13.1 Å². The predicted octanol–water partition coefficient (Wildman–Crippen LogP) is 4.54. The van der Waals surface area contributed by atoms with Gasteiger partial charge in [0.25, 0.3) is 0 Å². The molecule has 1 aromatic rings. The van der Waals surface area contributed by atoms with Gasteiger partial charge in [-0.05, 0) is 29.5 Å². The number of halogens is 1. The lowest BCUT2D eigenvalue weighted by Gasteiger charge is -2.27. The average Bonchev–Trinajstić information content (AvgIpc) is 2.39. The van der Waals surface area contributed by atoms with E-state index in [0.29, 0.717) is 17.3 Å². The fraction of sp³-hybridized carbons (Fsp3) is 0.533. The highest BCUT2D eigenvalue weighted by molar-refractivity contribution is 9.09. The highest BCUT2D eigenvalue weighted by Gasteiger charge is 2.20.